The van der Waals surface area contributed by atoms with Gasteiger partial charge in [0.05, 0.1) is 6.54 Å². The molecule has 0 aliphatic heterocycles. The summed E-state index contributed by atoms with van der Waals surface area (Å²) in [5.41, 5.74) is 5.37. The van der Waals surface area contributed by atoms with Crippen molar-refractivity contribution in [1.82, 2.24) is 0 Å². The highest BCUT2D eigenvalue weighted by Gasteiger charge is 1.97. The predicted molar refractivity (Wildman–Crippen MR) is 40.6 cm³/mol. The van der Waals surface area contributed by atoms with Crippen molar-refractivity contribution < 1.29 is 4.42 Å². The van der Waals surface area contributed by atoms with Crippen LogP contribution in [0.2, 0.25) is 0 Å². The zero-order chi connectivity index (χ0) is 7.40. The van der Waals surface area contributed by atoms with E-state index in [-0.39, 0.29) is 0 Å². The van der Waals surface area contributed by atoms with Gasteiger partial charge in [-0.05, 0) is 18.6 Å². The number of rotatable bonds is 3. The van der Waals surface area contributed by atoms with E-state index in [1.165, 1.54) is 0 Å². The van der Waals surface area contributed by atoms with E-state index in [9.17, 15) is 0 Å². The quantitative estimate of drug-likeness (QED) is 0.692. The zero-order valence-electron chi connectivity index (χ0n) is 6.26. The van der Waals surface area contributed by atoms with Gasteiger partial charge in [-0.3, -0.25) is 0 Å². The Balaban J connectivity index is 2.59. The molecule has 0 atom stereocenters. The van der Waals surface area contributed by atoms with Gasteiger partial charge in [0.2, 0.25) is 0 Å². The standard InChI is InChI=1S/C8H13NO/c1-2-3-7-4-5-8(6-9)10-7/h4-5H,2-3,6,9H2,1H3. The minimum absolute atomic E-state index is 0.504. The molecule has 0 unspecified atom stereocenters. The van der Waals surface area contributed by atoms with E-state index in [4.69, 9.17) is 10.2 Å². The maximum atomic E-state index is 5.37. The van der Waals surface area contributed by atoms with Gasteiger partial charge in [0, 0.05) is 6.42 Å². The summed E-state index contributed by atoms with van der Waals surface area (Å²) in [6.45, 7) is 2.63. The minimum Gasteiger partial charge on any atom is -0.465 e. The van der Waals surface area contributed by atoms with E-state index in [1.54, 1.807) is 0 Å². The molecule has 1 heterocycles. The maximum Gasteiger partial charge on any atom is 0.117 e. The first-order valence-corrected chi connectivity index (χ1v) is 3.64. The lowest BCUT2D eigenvalue weighted by Gasteiger charge is -1.90. The molecular formula is C8H13NO. The molecule has 0 aliphatic carbocycles. The molecule has 0 fully saturated rings. The Labute approximate surface area is 61.0 Å². The van der Waals surface area contributed by atoms with Crippen LogP contribution in [-0.2, 0) is 13.0 Å². The number of hydrogen-bond acceptors (Lipinski definition) is 2. The van der Waals surface area contributed by atoms with E-state index >= 15 is 0 Å². The lowest BCUT2D eigenvalue weighted by atomic mass is 10.3. The van der Waals surface area contributed by atoms with Gasteiger partial charge in [0.15, 0.2) is 0 Å². The van der Waals surface area contributed by atoms with Crippen LogP contribution in [0.15, 0.2) is 16.5 Å². The molecule has 0 aliphatic rings. The van der Waals surface area contributed by atoms with Crippen LogP contribution in [-0.4, -0.2) is 0 Å². The van der Waals surface area contributed by atoms with Crippen molar-refractivity contribution in [3.63, 3.8) is 0 Å². The first-order valence-electron chi connectivity index (χ1n) is 3.64. The lowest BCUT2D eigenvalue weighted by molar-refractivity contribution is 0.464. The van der Waals surface area contributed by atoms with E-state index < -0.39 is 0 Å². The SMILES string of the molecule is CCCc1ccc(CN)o1. The van der Waals surface area contributed by atoms with Gasteiger partial charge in [-0.25, -0.2) is 0 Å². The second-order valence-electron chi connectivity index (χ2n) is 2.32. The molecule has 10 heavy (non-hydrogen) atoms. The van der Waals surface area contributed by atoms with Crippen molar-refractivity contribution in [2.75, 3.05) is 0 Å². The summed E-state index contributed by atoms with van der Waals surface area (Å²) < 4.78 is 5.35. The fraction of sp³-hybridized carbons (Fsp3) is 0.500. The molecule has 56 valence electrons. The Hall–Kier alpha value is -0.760. The number of furan rings is 1. The Bertz CT molecular complexity index is 193. The van der Waals surface area contributed by atoms with Crippen molar-refractivity contribution >= 4 is 0 Å². The van der Waals surface area contributed by atoms with Crippen LogP contribution in [0.1, 0.15) is 24.9 Å². The second kappa shape index (κ2) is 3.42. The van der Waals surface area contributed by atoms with Gasteiger partial charge < -0.3 is 10.2 Å². The van der Waals surface area contributed by atoms with Crippen molar-refractivity contribution in [1.29, 1.82) is 0 Å². The Morgan fingerprint density at radius 2 is 2.10 bits per heavy atom. The molecule has 0 aromatic carbocycles. The summed E-state index contributed by atoms with van der Waals surface area (Å²) in [5, 5.41) is 0. The Kier molecular flexibility index (Phi) is 2.51. The van der Waals surface area contributed by atoms with Gasteiger partial charge in [0.25, 0.3) is 0 Å². The number of nitrogens with two attached hydrogens (primary N) is 1. The first kappa shape index (κ1) is 7.35. The van der Waals surface area contributed by atoms with Gasteiger partial charge in [-0.15, -0.1) is 0 Å². The molecule has 1 aromatic rings. The first-order chi connectivity index (χ1) is 4.86. The lowest BCUT2D eigenvalue weighted by Crippen LogP contribution is -1.92. The normalized spacial score (nSPS) is 10.2. The summed E-state index contributed by atoms with van der Waals surface area (Å²) in [5.74, 6) is 1.92. The van der Waals surface area contributed by atoms with Crippen molar-refractivity contribution in [3.05, 3.63) is 23.7 Å². The Morgan fingerprint density at radius 1 is 1.40 bits per heavy atom. The third-order valence-electron chi connectivity index (χ3n) is 1.41. The molecule has 1 aromatic heterocycles. The van der Waals surface area contributed by atoms with Crippen molar-refractivity contribution in [2.45, 2.75) is 26.3 Å². The minimum atomic E-state index is 0.504. The topological polar surface area (TPSA) is 39.2 Å². The summed E-state index contributed by atoms with van der Waals surface area (Å²) in [7, 11) is 0. The van der Waals surface area contributed by atoms with Gasteiger partial charge in [0.1, 0.15) is 11.5 Å². The predicted octanol–water partition coefficient (Wildman–Crippen LogP) is 1.69. The number of hydrogen-bond donors (Lipinski definition) is 1. The fourth-order valence-corrected chi connectivity index (χ4v) is 0.913. The summed E-state index contributed by atoms with van der Waals surface area (Å²) in [4.78, 5) is 0. The molecule has 0 spiro atoms. The molecular weight excluding hydrogens is 126 g/mol. The second-order valence-corrected chi connectivity index (χ2v) is 2.32. The molecule has 2 nitrogen and oxygen atoms in total. The third-order valence-corrected chi connectivity index (χ3v) is 1.41. The highest BCUT2D eigenvalue weighted by molar-refractivity contribution is 5.06. The molecule has 0 saturated heterocycles. The molecule has 0 saturated carbocycles. The van der Waals surface area contributed by atoms with Crippen molar-refractivity contribution in [3.8, 4) is 0 Å². The van der Waals surface area contributed by atoms with Crippen molar-refractivity contribution in [2.24, 2.45) is 5.73 Å². The third kappa shape index (κ3) is 1.61. The maximum absolute atomic E-state index is 5.37. The zero-order valence-corrected chi connectivity index (χ0v) is 6.26. The molecule has 2 N–H and O–H groups in total. The average molecular weight is 139 g/mol. The van der Waals surface area contributed by atoms with Gasteiger partial charge in [-0.1, -0.05) is 6.92 Å². The van der Waals surface area contributed by atoms with Crippen LogP contribution in [0, 0.1) is 0 Å². The van der Waals surface area contributed by atoms with Crippen LogP contribution in [0.4, 0.5) is 0 Å². The van der Waals surface area contributed by atoms with E-state index in [2.05, 4.69) is 6.92 Å². The largest absolute Gasteiger partial charge is 0.465 e. The summed E-state index contributed by atoms with van der Waals surface area (Å²) >= 11 is 0. The smallest absolute Gasteiger partial charge is 0.117 e. The highest BCUT2D eigenvalue weighted by atomic mass is 16.3. The van der Waals surface area contributed by atoms with E-state index in [0.717, 1.165) is 24.4 Å². The highest BCUT2D eigenvalue weighted by Crippen LogP contribution is 2.08. The summed E-state index contributed by atoms with van der Waals surface area (Å²) in [6, 6.07) is 3.93. The van der Waals surface area contributed by atoms with E-state index in [0.29, 0.717) is 6.54 Å². The molecule has 0 bridgehead atoms. The van der Waals surface area contributed by atoms with Crippen LogP contribution in [0.25, 0.3) is 0 Å². The number of aryl methyl sites for hydroxylation is 1. The molecule has 0 radical (unpaired) electrons. The molecule has 0 amide bonds. The molecule has 2 heteroatoms. The molecule has 1 rings (SSSR count). The van der Waals surface area contributed by atoms with Gasteiger partial charge in [-0.2, -0.15) is 0 Å². The van der Waals surface area contributed by atoms with Crippen LogP contribution < -0.4 is 5.73 Å². The van der Waals surface area contributed by atoms with E-state index in [1.807, 2.05) is 12.1 Å². The van der Waals surface area contributed by atoms with Crippen LogP contribution in [0.3, 0.4) is 0 Å². The van der Waals surface area contributed by atoms with Crippen LogP contribution >= 0.6 is 0 Å². The average Bonchev–Trinajstić information content (AvgIpc) is 2.37. The fourth-order valence-electron chi connectivity index (χ4n) is 0.913. The Morgan fingerprint density at radius 3 is 2.60 bits per heavy atom. The van der Waals surface area contributed by atoms with Gasteiger partial charge >= 0.3 is 0 Å². The monoisotopic (exact) mass is 139 g/mol. The van der Waals surface area contributed by atoms with Crippen LogP contribution in [0.5, 0.6) is 0 Å². The summed E-state index contributed by atoms with van der Waals surface area (Å²) in [6.07, 6.45) is 2.14.